The van der Waals surface area contributed by atoms with Gasteiger partial charge in [-0.1, -0.05) is 12.1 Å². The number of anilines is 1. The maximum Gasteiger partial charge on any atom is 0.287 e. The van der Waals surface area contributed by atoms with E-state index in [2.05, 4.69) is 0 Å². The Morgan fingerprint density at radius 3 is 2.86 bits per heavy atom. The first-order valence-corrected chi connectivity index (χ1v) is 4.85. The average Bonchev–Trinajstić information content (AvgIpc) is 2.43. The first kappa shape index (κ1) is 8.96. The largest absolute Gasteiger partial charge is 0.397 e. The Morgan fingerprint density at radius 2 is 2.21 bits per heavy atom. The van der Waals surface area contributed by atoms with Crippen LogP contribution >= 0.6 is 11.3 Å². The summed E-state index contributed by atoms with van der Waals surface area (Å²) in [5, 5.41) is 11.5. The van der Waals surface area contributed by atoms with Gasteiger partial charge in [0, 0.05) is 16.3 Å². The van der Waals surface area contributed by atoms with E-state index in [1.165, 1.54) is 17.4 Å². The summed E-state index contributed by atoms with van der Waals surface area (Å²) in [5.41, 5.74) is 6.57. The van der Waals surface area contributed by atoms with Crippen LogP contribution in [0.15, 0.2) is 18.2 Å². The van der Waals surface area contributed by atoms with Crippen molar-refractivity contribution in [2.45, 2.75) is 6.92 Å². The number of hydrogen-bond acceptors (Lipinski definition) is 4. The summed E-state index contributed by atoms with van der Waals surface area (Å²) >= 11 is 1.37. The normalized spacial score (nSPS) is 10.6. The molecule has 1 aromatic carbocycles. The number of hydrogen-bond donors (Lipinski definition) is 1. The number of nitrogen functional groups attached to an aromatic ring is 1. The smallest absolute Gasteiger partial charge is 0.287 e. The summed E-state index contributed by atoms with van der Waals surface area (Å²) in [6, 6.07) is 4.96. The number of rotatable bonds is 1. The molecule has 2 rings (SSSR count). The molecule has 0 saturated heterocycles. The summed E-state index contributed by atoms with van der Waals surface area (Å²) in [5.74, 6) is 0. The van der Waals surface area contributed by atoms with E-state index in [1.54, 1.807) is 12.1 Å². The van der Waals surface area contributed by atoms with Crippen molar-refractivity contribution >= 4 is 32.8 Å². The molecule has 5 heteroatoms. The van der Waals surface area contributed by atoms with Crippen molar-refractivity contribution in [2.75, 3.05) is 5.73 Å². The molecule has 0 spiro atoms. The fourth-order valence-corrected chi connectivity index (χ4v) is 2.45. The van der Waals surface area contributed by atoms with Crippen LogP contribution in [0.5, 0.6) is 0 Å². The molecule has 14 heavy (non-hydrogen) atoms. The second-order valence-electron chi connectivity index (χ2n) is 2.98. The Morgan fingerprint density at radius 1 is 1.50 bits per heavy atom. The highest BCUT2D eigenvalue weighted by molar-refractivity contribution is 7.20. The lowest BCUT2D eigenvalue weighted by molar-refractivity contribution is -0.382. The van der Waals surface area contributed by atoms with Gasteiger partial charge in [-0.25, -0.2) is 0 Å². The van der Waals surface area contributed by atoms with Gasteiger partial charge in [0.1, 0.15) is 4.70 Å². The van der Waals surface area contributed by atoms with E-state index < -0.39 is 0 Å². The summed E-state index contributed by atoms with van der Waals surface area (Å²) in [4.78, 5) is 11.3. The van der Waals surface area contributed by atoms with Crippen LogP contribution in [-0.4, -0.2) is 4.92 Å². The molecule has 2 N–H and O–H groups in total. The third-order valence-corrected chi connectivity index (χ3v) is 3.27. The number of nitrogens with zero attached hydrogens (tertiary/aromatic N) is 1. The molecule has 0 aliphatic rings. The van der Waals surface area contributed by atoms with E-state index in [9.17, 15) is 10.1 Å². The van der Waals surface area contributed by atoms with E-state index in [0.29, 0.717) is 10.4 Å². The molecule has 0 bridgehead atoms. The number of thiophene rings is 1. The number of nitrogens with two attached hydrogens (primary N) is 1. The van der Waals surface area contributed by atoms with E-state index in [1.807, 2.05) is 6.92 Å². The summed E-state index contributed by atoms with van der Waals surface area (Å²) in [7, 11) is 0. The van der Waals surface area contributed by atoms with Crippen molar-refractivity contribution in [3.63, 3.8) is 0 Å². The number of nitro groups is 1. The van der Waals surface area contributed by atoms with Crippen LogP contribution < -0.4 is 5.73 Å². The predicted octanol–water partition coefficient (Wildman–Crippen LogP) is 2.70. The van der Waals surface area contributed by atoms with Crippen molar-refractivity contribution in [3.8, 4) is 0 Å². The van der Waals surface area contributed by atoms with Crippen molar-refractivity contribution in [2.24, 2.45) is 0 Å². The molecular formula is C9H8N2O2S. The highest BCUT2D eigenvalue weighted by Gasteiger charge is 2.16. The Balaban J connectivity index is 2.88. The van der Waals surface area contributed by atoms with E-state index in [0.717, 1.165) is 10.3 Å². The molecule has 0 unspecified atom stereocenters. The van der Waals surface area contributed by atoms with Crippen molar-refractivity contribution in [1.29, 1.82) is 0 Å². The molecule has 0 fully saturated rings. The predicted molar refractivity (Wildman–Crippen MR) is 57.6 cm³/mol. The minimum Gasteiger partial charge on any atom is -0.397 e. The fraction of sp³-hybridized carbons (Fsp3) is 0.111. The molecule has 1 heterocycles. The molecule has 1 aromatic heterocycles. The Bertz CT molecular complexity index is 519. The monoisotopic (exact) mass is 208 g/mol. The highest BCUT2D eigenvalue weighted by Crippen LogP contribution is 2.38. The second-order valence-corrected chi connectivity index (χ2v) is 4.21. The van der Waals surface area contributed by atoms with Gasteiger partial charge in [-0.05, 0) is 6.92 Å². The molecule has 0 saturated carbocycles. The topological polar surface area (TPSA) is 69.2 Å². The lowest BCUT2D eigenvalue weighted by Gasteiger charge is -1.93. The zero-order valence-electron chi connectivity index (χ0n) is 7.48. The third kappa shape index (κ3) is 1.13. The minimum absolute atomic E-state index is 0.132. The van der Waals surface area contributed by atoms with Gasteiger partial charge in [-0.15, -0.1) is 11.3 Å². The molecule has 0 aliphatic carbocycles. The molecule has 2 aromatic rings. The van der Waals surface area contributed by atoms with Gasteiger partial charge in [0.15, 0.2) is 0 Å². The number of fused-ring (bicyclic) bond motifs is 1. The molecule has 4 nitrogen and oxygen atoms in total. The standard InChI is InChI=1S/C9H8N2O2S/c1-5-8(10)6-3-2-4-7(11(12)13)9(6)14-5/h2-4H,10H2,1H3. The van der Waals surface area contributed by atoms with Crippen LogP contribution in [0.1, 0.15) is 4.88 Å². The molecule has 0 aliphatic heterocycles. The maximum absolute atomic E-state index is 10.7. The summed E-state index contributed by atoms with van der Waals surface area (Å²) < 4.78 is 0.660. The second kappa shape index (κ2) is 2.95. The van der Waals surface area contributed by atoms with Gasteiger partial charge in [-0.2, -0.15) is 0 Å². The first-order chi connectivity index (χ1) is 6.61. The molecule has 0 atom stereocenters. The van der Waals surface area contributed by atoms with Crippen LogP contribution in [0.3, 0.4) is 0 Å². The van der Waals surface area contributed by atoms with Gasteiger partial charge in [0.25, 0.3) is 5.69 Å². The van der Waals surface area contributed by atoms with Gasteiger partial charge in [0.05, 0.1) is 10.6 Å². The van der Waals surface area contributed by atoms with Gasteiger partial charge < -0.3 is 5.73 Å². The Labute approximate surface area is 84.1 Å². The van der Waals surface area contributed by atoms with Crippen LogP contribution in [0.25, 0.3) is 10.1 Å². The molecule has 0 amide bonds. The SMILES string of the molecule is Cc1sc2c([N+](=O)[O-])cccc2c1N. The van der Waals surface area contributed by atoms with Crippen molar-refractivity contribution in [1.82, 2.24) is 0 Å². The van der Waals surface area contributed by atoms with Gasteiger partial charge in [-0.3, -0.25) is 10.1 Å². The highest BCUT2D eigenvalue weighted by atomic mass is 32.1. The van der Waals surface area contributed by atoms with Crippen LogP contribution in [0.4, 0.5) is 11.4 Å². The van der Waals surface area contributed by atoms with Crippen LogP contribution in [0.2, 0.25) is 0 Å². The summed E-state index contributed by atoms with van der Waals surface area (Å²) in [6.07, 6.45) is 0. The zero-order chi connectivity index (χ0) is 10.3. The number of non-ortho nitro benzene ring substituents is 1. The molecule has 72 valence electrons. The lowest BCUT2D eigenvalue weighted by Crippen LogP contribution is -1.88. The van der Waals surface area contributed by atoms with Crippen LogP contribution in [0, 0.1) is 17.0 Å². The quantitative estimate of drug-likeness (QED) is 0.578. The molecule has 0 radical (unpaired) electrons. The van der Waals surface area contributed by atoms with E-state index in [4.69, 9.17) is 5.73 Å². The number of benzene rings is 1. The van der Waals surface area contributed by atoms with E-state index in [-0.39, 0.29) is 10.6 Å². The number of aryl methyl sites for hydroxylation is 1. The fourth-order valence-electron chi connectivity index (χ4n) is 1.39. The van der Waals surface area contributed by atoms with Gasteiger partial charge >= 0.3 is 0 Å². The average molecular weight is 208 g/mol. The zero-order valence-corrected chi connectivity index (χ0v) is 8.30. The molecular weight excluding hydrogens is 200 g/mol. The minimum atomic E-state index is -0.377. The maximum atomic E-state index is 10.7. The number of nitro benzene ring substituents is 1. The van der Waals surface area contributed by atoms with Crippen LogP contribution in [-0.2, 0) is 0 Å². The third-order valence-electron chi connectivity index (χ3n) is 2.12. The Kier molecular flexibility index (Phi) is 1.89. The first-order valence-electron chi connectivity index (χ1n) is 4.03. The summed E-state index contributed by atoms with van der Waals surface area (Å²) in [6.45, 7) is 1.86. The van der Waals surface area contributed by atoms with Crippen molar-refractivity contribution < 1.29 is 4.92 Å². The van der Waals surface area contributed by atoms with Crippen molar-refractivity contribution in [3.05, 3.63) is 33.2 Å². The van der Waals surface area contributed by atoms with E-state index >= 15 is 0 Å². The Hall–Kier alpha value is -1.62. The lowest BCUT2D eigenvalue weighted by atomic mass is 10.2. The van der Waals surface area contributed by atoms with Gasteiger partial charge in [0.2, 0.25) is 0 Å².